The second kappa shape index (κ2) is 7.98. The summed E-state index contributed by atoms with van der Waals surface area (Å²) in [5.74, 6) is 0.499. The zero-order valence-corrected chi connectivity index (χ0v) is 12.6. The standard InChI is InChI=1S/C16H24N2O3/c1-18(11-15(19)14-8-5-9-17-10-14)16(20)21-12-13-6-3-2-4-7-13/h5,8-10,13,15,19H,2-4,6-7,11-12H2,1H3. The lowest BCUT2D eigenvalue weighted by Gasteiger charge is -2.24. The Morgan fingerprint density at radius 1 is 1.48 bits per heavy atom. The molecule has 0 aliphatic heterocycles. The van der Waals surface area contributed by atoms with Gasteiger partial charge in [-0.1, -0.05) is 25.3 Å². The average molecular weight is 292 g/mol. The fraction of sp³-hybridized carbons (Fsp3) is 0.625. The maximum atomic E-state index is 11.9. The zero-order chi connectivity index (χ0) is 15.1. The van der Waals surface area contributed by atoms with Gasteiger partial charge in [0, 0.05) is 25.0 Å². The van der Waals surface area contributed by atoms with E-state index in [1.54, 1.807) is 31.6 Å². The molecule has 1 aromatic heterocycles. The summed E-state index contributed by atoms with van der Waals surface area (Å²) in [5.41, 5.74) is 0.699. The first-order valence-corrected chi connectivity index (χ1v) is 7.62. The molecule has 1 aliphatic carbocycles. The van der Waals surface area contributed by atoms with E-state index < -0.39 is 6.10 Å². The lowest BCUT2D eigenvalue weighted by molar-refractivity contribution is 0.0679. The van der Waals surface area contributed by atoms with Crippen LogP contribution in [0, 0.1) is 5.92 Å². The molecule has 116 valence electrons. The summed E-state index contributed by atoms with van der Waals surface area (Å²) in [4.78, 5) is 17.3. The molecule has 1 unspecified atom stereocenters. The van der Waals surface area contributed by atoms with E-state index in [0.717, 1.165) is 12.8 Å². The van der Waals surface area contributed by atoms with Crippen molar-refractivity contribution in [1.82, 2.24) is 9.88 Å². The summed E-state index contributed by atoms with van der Waals surface area (Å²) in [6.07, 6.45) is 8.20. The van der Waals surface area contributed by atoms with E-state index in [-0.39, 0.29) is 12.6 Å². The molecule has 1 heterocycles. The van der Waals surface area contributed by atoms with Crippen LogP contribution in [-0.2, 0) is 4.74 Å². The predicted molar refractivity (Wildman–Crippen MR) is 79.7 cm³/mol. The molecule has 0 saturated heterocycles. The first kappa shape index (κ1) is 15.8. The molecule has 5 heteroatoms. The molecule has 0 bridgehead atoms. The smallest absolute Gasteiger partial charge is 0.409 e. The quantitative estimate of drug-likeness (QED) is 0.906. The summed E-state index contributed by atoms with van der Waals surface area (Å²) in [6, 6.07) is 3.55. The van der Waals surface area contributed by atoms with E-state index in [2.05, 4.69) is 4.98 Å². The number of aromatic nitrogens is 1. The third-order valence-electron chi connectivity index (χ3n) is 3.99. The highest BCUT2D eigenvalue weighted by atomic mass is 16.6. The van der Waals surface area contributed by atoms with E-state index in [9.17, 15) is 9.90 Å². The fourth-order valence-electron chi connectivity index (χ4n) is 2.67. The zero-order valence-electron chi connectivity index (χ0n) is 12.6. The molecule has 1 aliphatic rings. The maximum Gasteiger partial charge on any atom is 0.409 e. The number of hydrogen-bond donors (Lipinski definition) is 1. The molecule has 21 heavy (non-hydrogen) atoms. The molecule has 1 fully saturated rings. The molecular weight excluding hydrogens is 268 g/mol. The van der Waals surface area contributed by atoms with Crippen molar-refractivity contribution in [1.29, 1.82) is 0 Å². The minimum atomic E-state index is -0.745. The number of amides is 1. The van der Waals surface area contributed by atoms with E-state index in [1.165, 1.54) is 24.2 Å². The van der Waals surface area contributed by atoms with E-state index in [4.69, 9.17) is 4.74 Å². The van der Waals surface area contributed by atoms with Crippen molar-refractivity contribution >= 4 is 6.09 Å². The van der Waals surface area contributed by atoms with Crippen LogP contribution in [0.4, 0.5) is 4.79 Å². The fourth-order valence-corrected chi connectivity index (χ4v) is 2.67. The van der Waals surface area contributed by atoms with Crippen LogP contribution < -0.4 is 0 Å². The molecule has 5 nitrogen and oxygen atoms in total. The molecule has 1 amide bonds. The van der Waals surface area contributed by atoms with Crippen molar-refractivity contribution < 1.29 is 14.6 Å². The highest BCUT2D eigenvalue weighted by Crippen LogP contribution is 2.23. The Bertz CT molecular complexity index is 432. The van der Waals surface area contributed by atoms with E-state index in [1.807, 2.05) is 0 Å². The number of ether oxygens (including phenoxy) is 1. The molecule has 0 aromatic carbocycles. The molecular formula is C16H24N2O3. The van der Waals surface area contributed by atoms with Crippen LogP contribution >= 0.6 is 0 Å². The number of aliphatic hydroxyl groups is 1. The van der Waals surface area contributed by atoms with E-state index >= 15 is 0 Å². The average Bonchev–Trinajstić information content (AvgIpc) is 2.54. The maximum absolute atomic E-state index is 11.9. The lowest BCUT2D eigenvalue weighted by Crippen LogP contribution is -2.33. The van der Waals surface area contributed by atoms with Gasteiger partial charge in [0.2, 0.25) is 0 Å². The van der Waals surface area contributed by atoms with Gasteiger partial charge in [-0.05, 0) is 24.8 Å². The molecule has 1 saturated carbocycles. The summed E-state index contributed by atoms with van der Waals surface area (Å²) >= 11 is 0. The largest absolute Gasteiger partial charge is 0.449 e. The van der Waals surface area contributed by atoms with Crippen molar-refractivity contribution in [3.63, 3.8) is 0 Å². The number of carbonyl (C=O) groups is 1. The number of aliphatic hydroxyl groups excluding tert-OH is 1. The van der Waals surface area contributed by atoms with Crippen LogP contribution in [0.5, 0.6) is 0 Å². The normalized spacial score (nSPS) is 17.2. The Hall–Kier alpha value is -1.62. The summed E-state index contributed by atoms with van der Waals surface area (Å²) in [6.45, 7) is 0.696. The van der Waals surface area contributed by atoms with Crippen LogP contribution in [0.25, 0.3) is 0 Å². The van der Waals surface area contributed by atoms with Gasteiger partial charge < -0.3 is 14.7 Å². The summed E-state index contributed by atoms with van der Waals surface area (Å²) in [7, 11) is 1.64. The van der Waals surface area contributed by atoms with Gasteiger partial charge in [0.1, 0.15) is 0 Å². The van der Waals surface area contributed by atoms with Gasteiger partial charge >= 0.3 is 6.09 Å². The van der Waals surface area contributed by atoms with Crippen molar-refractivity contribution in [2.75, 3.05) is 20.2 Å². The van der Waals surface area contributed by atoms with Gasteiger partial charge in [0.25, 0.3) is 0 Å². The Morgan fingerprint density at radius 2 is 2.24 bits per heavy atom. The van der Waals surface area contributed by atoms with Gasteiger partial charge in [-0.3, -0.25) is 4.98 Å². The minimum Gasteiger partial charge on any atom is -0.449 e. The SMILES string of the molecule is CN(CC(O)c1cccnc1)C(=O)OCC1CCCCC1. The monoisotopic (exact) mass is 292 g/mol. The van der Waals surface area contributed by atoms with Crippen molar-refractivity contribution in [3.8, 4) is 0 Å². The number of pyridine rings is 1. The van der Waals surface area contributed by atoms with E-state index in [0.29, 0.717) is 18.1 Å². The van der Waals surface area contributed by atoms with Gasteiger partial charge in [-0.15, -0.1) is 0 Å². The molecule has 0 spiro atoms. The van der Waals surface area contributed by atoms with Gasteiger partial charge in [0.05, 0.1) is 19.3 Å². The number of nitrogens with zero attached hydrogens (tertiary/aromatic N) is 2. The number of rotatable bonds is 5. The van der Waals surface area contributed by atoms with Crippen LogP contribution in [0.2, 0.25) is 0 Å². The minimum absolute atomic E-state index is 0.204. The molecule has 2 rings (SSSR count). The summed E-state index contributed by atoms with van der Waals surface area (Å²) < 4.78 is 5.34. The Balaban J connectivity index is 1.74. The Morgan fingerprint density at radius 3 is 2.90 bits per heavy atom. The second-order valence-electron chi connectivity index (χ2n) is 5.76. The van der Waals surface area contributed by atoms with Crippen LogP contribution in [0.1, 0.15) is 43.8 Å². The van der Waals surface area contributed by atoms with Gasteiger partial charge in [0.15, 0.2) is 0 Å². The number of hydrogen-bond acceptors (Lipinski definition) is 4. The third-order valence-corrected chi connectivity index (χ3v) is 3.99. The van der Waals surface area contributed by atoms with Crippen LogP contribution in [-0.4, -0.2) is 41.3 Å². The van der Waals surface area contributed by atoms with Gasteiger partial charge in [-0.25, -0.2) is 4.79 Å². The van der Waals surface area contributed by atoms with Crippen molar-refractivity contribution in [2.24, 2.45) is 5.92 Å². The third kappa shape index (κ3) is 5.01. The highest BCUT2D eigenvalue weighted by Gasteiger charge is 2.19. The highest BCUT2D eigenvalue weighted by molar-refractivity contribution is 5.67. The lowest BCUT2D eigenvalue weighted by atomic mass is 9.90. The first-order chi connectivity index (χ1) is 10.2. The first-order valence-electron chi connectivity index (χ1n) is 7.62. The van der Waals surface area contributed by atoms with Crippen molar-refractivity contribution in [2.45, 2.75) is 38.2 Å². The molecule has 1 aromatic rings. The van der Waals surface area contributed by atoms with Gasteiger partial charge in [-0.2, -0.15) is 0 Å². The van der Waals surface area contributed by atoms with Crippen LogP contribution in [0.15, 0.2) is 24.5 Å². The molecule has 1 atom stereocenters. The number of likely N-dealkylation sites (N-methyl/N-ethyl adjacent to an activating group) is 1. The van der Waals surface area contributed by atoms with Crippen LogP contribution in [0.3, 0.4) is 0 Å². The predicted octanol–water partition coefficient (Wildman–Crippen LogP) is 2.76. The Labute approximate surface area is 125 Å². The second-order valence-corrected chi connectivity index (χ2v) is 5.76. The topological polar surface area (TPSA) is 62.7 Å². The molecule has 0 radical (unpaired) electrons. The molecule has 1 N–H and O–H groups in total. The summed E-state index contributed by atoms with van der Waals surface area (Å²) in [5, 5.41) is 10.1. The Kier molecular flexibility index (Phi) is 5.99. The van der Waals surface area contributed by atoms with Crippen molar-refractivity contribution in [3.05, 3.63) is 30.1 Å². The number of carbonyl (C=O) groups excluding carboxylic acids is 1.